The summed E-state index contributed by atoms with van der Waals surface area (Å²) in [5, 5.41) is 0. The van der Waals surface area contributed by atoms with Crippen LogP contribution in [0.1, 0.15) is 10.4 Å². The molecule has 0 saturated carbocycles. The van der Waals surface area contributed by atoms with Crippen LogP contribution in [0.2, 0.25) is 0 Å². The summed E-state index contributed by atoms with van der Waals surface area (Å²) in [6, 6.07) is 7.43. The lowest BCUT2D eigenvalue weighted by molar-refractivity contribution is 0.104. The van der Waals surface area contributed by atoms with Gasteiger partial charge in [0, 0.05) is 9.13 Å². The monoisotopic (exact) mass is 258 g/mol. The summed E-state index contributed by atoms with van der Waals surface area (Å²) >= 11 is 2.17. The maximum atomic E-state index is 11.0. The van der Waals surface area contributed by atoms with Crippen LogP contribution in [0.3, 0.4) is 0 Å². The molecule has 0 spiro atoms. The number of allylic oxidation sites excluding steroid dienone is 1. The van der Waals surface area contributed by atoms with Gasteiger partial charge in [0.25, 0.3) is 0 Å². The lowest BCUT2D eigenvalue weighted by Crippen LogP contribution is -1.92. The zero-order valence-electron chi connectivity index (χ0n) is 5.88. The van der Waals surface area contributed by atoms with Gasteiger partial charge in [0.05, 0.1) is 0 Å². The van der Waals surface area contributed by atoms with Crippen molar-refractivity contribution in [3.05, 3.63) is 46.1 Å². The molecule has 0 amide bonds. The van der Waals surface area contributed by atoms with E-state index in [1.807, 2.05) is 18.2 Å². The van der Waals surface area contributed by atoms with Crippen LogP contribution in [0.4, 0.5) is 0 Å². The molecule has 0 N–H and O–H groups in total. The normalized spacial score (nSPS) is 9.18. The Labute approximate surface area is 79.3 Å². The van der Waals surface area contributed by atoms with Crippen LogP contribution in [-0.4, -0.2) is 5.78 Å². The number of ketones is 1. The van der Waals surface area contributed by atoms with Crippen molar-refractivity contribution >= 4 is 28.4 Å². The zero-order valence-corrected chi connectivity index (χ0v) is 8.04. The molecule has 0 bridgehead atoms. The van der Waals surface area contributed by atoms with Crippen LogP contribution >= 0.6 is 22.6 Å². The van der Waals surface area contributed by atoms with Crippen molar-refractivity contribution in [1.29, 1.82) is 0 Å². The van der Waals surface area contributed by atoms with E-state index in [4.69, 9.17) is 0 Å². The highest BCUT2D eigenvalue weighted by atomic mass is 127. The topological polar surface area (TPSA) is 17.1 Å². The number of rotatable bonds is 2. The first kappa shape index (κ1) is 8.46. The highest BCUT2D eigenvalue weighted by molar-refractivity contribution is 14.1. The SMILES string of the molecule is C=CC(=O)c1cccc(I)c1. The van der Waals surface area contributed by atoms with E-state index in [2.05, 4.69) is 29.2 Å². The van der Waals surface area contributed by atoms with Crippen LogP contribution < -0.4 is 0 Å². The molecule has 0 aliphatic carbocycles. The second-order valence-corrected chi connectivity index (χ2v) is 3.32. The molecule has 0 aromatic heterocycles. The Morgan fingerprint density at radius 1 is 1.55 bits per heavy atom. The molecule has 0 heterocycles. The largest absolute Gasteiger partial charge is 0.289 e. The molecule has 11 heavy (non-hydrogen) atoms. The van der Waals surface area contributed by atoms with E-state index in [9.17, 15) is 4.79 Å². The van der Waals surface area contributed by atoms with Crippen LogP contribution in [0, 0.1) is 3.57 Å². The first-order valence-electron chi connectivity index (χ1n) is 3.16. The van der Waals surface area contributed by atoms with E-state index in [0.717, 1.165) is 3.57 Å². The van der Waals surface area contributed by atoms with Gasteiger partial charge in [0.1, 0.15) is 0 Å². The minimum absolute atomic E-state index is 0.0245. The van der Waals surface area contributed by atoms with E-state index >= 15 is 0 Å². The molecule has 0 atom stereocenters. The van der Waals surface area contributed by atoms with Crippen molar-refractivity contribution < 1.29 is 4.79 Å². The predicted molar refractivity (Wildman–Crippen MR) is 53.7 cm³/mol. The molecule has 0 aliphatic heterocycles. The fourth-order valence-corrected chi connectivity index (χ4v) is 1.30. The van der Waals surface area contributed by atoms with Gasteiger partial charge in [-0.05, 0) is 40.8 Å². The average Bonchev–Trinajstić information content (AvgIpc) is 2.03. The maximum absolute atomic E-state index is 11.0. The van der Waals surface area contributed by atoms with Crippen LogP contribution in [0.15, 0.2) is 36.9 Å². The van der Waals surface area contributed by atoms with Gasteiger partial charge >= 0.3 is 0 Å². The van der Waals surface area contributed by atoms with E-state index in [0.29, 0.717) is 5.56 Å². The Bertz CT molecular complexity index is 291. The van der Waals surface area contributed by atoms with Gasteiger partial charge in [0.2, 0.25) is 0 Å². The molecule has 0 unspecified atom stereocenters. The molecular weight excluding hydrogens is 251 g/mol. The van der Waals surface area contributed by atoms with Crippen molar-refractivity contribution in [3.8, 4) is 0 Å². The molecule has 0 saturated heterocycles. The Morgan fingerprint density at radius 2 is 2.27 bits per heavy atom. The maximum Gasteiger partial charge on any atom is 0.185 e. The van der Waals surface area contributed by atoms with Gasteiger partial charge in [-0.3, -0.25) is 4.79 Å². The molecule has 0 radical (unpaired) electrons. The number of hydrogen-bond acceptors (Lipinski definition) is 1. The van der Waals surface area contributed by atoms with Crippen molar-refractivity contribution in [2.75, 3.05) is 0 Å². The highest BCUT2D eigenvalue weighted by Gasteiger charge is 1.99. The summed E-state index contributed by atoms with van der Waals surface area (Å²) in [6.45, 7) is 3.41. The minimum Gasteiger partial charge on any atom is -0.289 e. The third-order valence-electron chi connectivity index (χ3n) is 1.29. The van der Waals surface area contributed by atoms with Crippen LogP contribution in [0.5, 0.6) is 0 Å². The third kappa shape index (κ3) is 2.15. The summed E-state index contributed by atoms with van der Waals surface area (Å²) in [7, 11) is 0. The Balaban J connectivity index is 3.05. The molecule has 1 aromatic rings. The number of carbonyl (C=O) groups excluding carboxylic acids is 1. The zero-order chi connectivity index (χ0) is 8.27. The highest BCUT2D eigenvalue weighted by Crippen LogP contribution is 2.08. The fraction of sp³-hybridized carbons (Fsp3) is 0. The summed E-state index contributed by atoms with van der Waals surface area (Å²) in [5.74, 6) is -0.0245. The van der Waals surface area contributed by atoms with Gasteiger partial charge in [-0.1, -0.05) is 18.7 Å². The lowest BCUT2D eigenvalue weighted by Gasteiger charge is -1.94. The Morgan fingerprint density at radius 3 is 2.82 bits per heavy atom. The van der Waals surface area contributed by atoms with E-state index in [1.54, 1.807) is 6.07 Å². The van der Waals surface area contributed by atoms with Gasteiger partial charge in [-0.15, -0.1) is 0 Å². The number of halogens is 1. The summed E-state index contributed by atoms with van der Waals surface area (Å²) in [6.07, 6.45) is 1.32. The summed E-state index contributed by atoms with van der Waals surface area (Å²) in [5.41, 5.74) is 0.701. The fourth-order valence-electron chi connectivity index (χ4n) is 0.760. The van der Waals surface area contributed by atoms with Gasteiger partial charge in [-0.25, -0.2) is 0 Å². The summed E-state index contributed by atoms with van der Waals surface area (Å²) in [4.78, 5) is 11.0. The Hall–Kier alpha value is -0.640. The van der Waals surface area contributed by atoms with Gasteiger partial charge < -0.3 is 0 Å². The third-order valence-corrected chi connectivity index (χ3v) is 1.97. The van der Waals surface area contributed by atoms with Gasteiger partial charge in [-0.2, -0.15) is 0 Å². The average molecular weight is 258 g/mol. The van der Waals surface area contributed by atoms with Crippen molar-refractivity contribution in [3.63, 3.8) is 0 Å². The van der Waals surface area contributed by atoms with Crippen molar-refractivity contribution in [1.82, 2.24) is 0 Å². The standard InChI is InChI=1S/C9H7IO/c1-2-9(11)7-4-3-5-8(10)6-7/h2-6H,1H2. The van der Waals surface area contributed by atoms with Crippen molar-refractivity contribution in [2.45, 2.75) is 0 Å². The lowest BCUT2D eigenvalue weighted by atomic mass is 10.1. The molecule has 0 fully saturated rings. The molecule has 2 heteroatoms. The smallest absolute Gasteiger partial charge is 0.185 e. The molecule has 56 valence electrons. The van der Waals surface area contributed by atoms with Crippen molar-refractivity contribution in [2.24, 2.45) is 0 Å². The predicted octanol–water partition coefficient (Wildman–Crippen LogP) is 2.66. The molecule has 0 aliphatic rings. The molecular formula is C9H7IO. The molecule has 1 nitrogen and oxygen atoms in total. The first-order chi connectivity index (χ1) is 5.24. The summed E-state index contributed by atoms with van der Waals surface area (Å²) < 4.78 is 1.07. The second kappa shape index (κ2) is 3.67. The second-order valence-electron chi connectivity index (χ2n) is 2.08. The van der Waals surface area contributed by atoms with Gasteiger partial charge in [0.15, 0.2) is 5.78 Å². The molecule has 1 rings (SSSR count). The molecule has 1 aromatic carbocycles. The minimum atomic E-state index is -0.0245. The van der Waals surface area contributed by atoms with Crippen LogP contribution in [-0.2, 0) is 0 Å². The first-order valence-corrected chi connectivity index (χ1v) is 4.24. The number of benzene rings is 1. The number of hydrogen-bond donors (Lipinski definition) is 0. The number of carbonyl (C=O) groups is 1. The van der Waals surface area contributed by atoms with Crippen LogP contribution in [0.25, 0.3) is 0 Å². The van der Waals surface area contributed by atoms with E-state index in [1.165, 1.54) is 6.08 Å². The quantitative estimate of drug-likeness (QED) is 0.452. The Kier molecular flexibility index (Phi) is 2.82. The van der Waals surface area contributed by atoms with E-state index < -0.39 is 0 Å². The van der Waals surface area contributed by atoms with E-state index in [-0.39, 0.29) is 5.78 Å².